The van der Waals surface area contributed by atoms with Gasteiger partial charge < -0.3 is 18.9 Å². The second-order valence-corrected chi connectivity index (χ2v) is 10.4. The Morgan fingerprint density at radius 2 is 1.54 bits per heavy atom. The van der Waals surface area contributed by atoms with Crippen molar-refractivity contribution in [1.29, 1.82) is 0 Å². The Kier molecular flexibility index (Phi) is 8.26. The maximum Gasteiger partial charge on any atom is 0.243 e. The number of nitrogens with zero attached hydrogens (tertiary/aromatic N) is 6. The third-order valence-corrected chi connectivity index (χ3v) is 7.60. The maximum atomic E-state index is 13.7. The first-order valence-corrected chi connectivity index (χ1v) is 13.3. The van der Waals surface area contributed by atoms with Crippen LogP contribution in [0.25, 0.3) is 17.2 Å². The van der Waals surface area contributed by atoms with Crippen molar-refractivity contribution in [3.8, 4) is 34.6 Å². The number of anilines is 1. The summed E-state index contributed by atoms with van der Waals surface area (Å²) in [4.78, 5) is 12.9. The molecule has 0 amide bonds. The van der Waals surface area contributed by atoms with E-state index in [1.807, 2.05) is 6.92 Å². The van der Waals surface area contributed by atoms with Gasteiger partial charge in [0.1, 0.15) is 34.2 Å². The number of rotatable bonds is 11. The number of pyridine rings is 1. The molecule has 206 valence electrons. The van der Waals surface area contributed by atoms with E-state index >= 15 is 0 Å². The zero-order valence-electron chi connectivity index (χ0n) is 22.3. The highest BCUT2D eigenvalue weighted by Crippen LogP contribution is 2.38. The van der Waals surface area contributed by atoms with E-state index < -0.39 is 21.4 Å². The Morgan fingerprint density at radius 1 is 0.897 bits per heavy atom. The lowest BCUT2D eigenvalue weighted by atomic mass is 10.2. The van der Waals surface area contributed by atoms with E-state index in [2.05, 4.69) is 29.9 Å². The summed E-state index contributed by atoms with van der Waals surface area (Å²) < 4.78 is 53.3. The summed E-state index contributed by atoms with van der Waals surface area (Å²) >= 11 is 0. The fourth-order valence-corrected chi connectivity index (χ4v) is 5.00. The van der Waals surface area contributed by atoms with Crippen molar-refractivity contribution in [1.82, 2.24) is 29.7 Å². The number of hydrogen-bond acceptors (Lipinski definition) is 11. The molecule has 2 atom stereocenters. The Morgan fingerprint density at radius 3 is 2.13 bits per heavy atom. The summed E-state index contributed by atoms with van der Waals surface area (Å²) in [6, 6.07) is 10.3. The number of hydrogen-bond donors (Lipinski definition) is 1. The highest BCUT2D eigenvalue weighted by atomic mass is 32.2. The number of aromatic nitrogens is 6. The fourth-order valence-electron chi connectivity index (χ4n) is 3.87. The fraction of sp³-hybridized carbons (Fsp3) is 0.320. The van der Waals surface area contributed by atoms with Crippen LogP contribution in [0.4, 0.5) is 5.95 Å². The first-order valence-electron chi connectivity index (χ1n) is 11.7. The van der Waals surface area contributed by atoms with Gasteiger partial charge in [0.05, 0.1) is 21.3 Å². The van der Waals surface area contributed by atoms with Gasteiger partial charge in [0.2, 0.25) is 21.9 Å². The average molecular weight is 556 g/mol. The van der Waals surface area contributed by atoms with E-state index in [9.17, 15) is 8.42 Å². The molecule has 1 aromatic carbocycles. The lowest BCUT2D eigenvalue weighted by Gasteiger charge is -2.23. The monoisotopic (exact) mass is 555 g/mol. The van der Waals surface area contributed by atoms with Gasteiger partial charge in [-0.25, -0.2) is 23.4 Å². The van der Waals surface area contributed by atoms with Crippen LogP contribution in [0.15, 0.2) is 48.8 Å². The summed E-state index contributed by atoms with van der Waals surface area (Å²) in [6.07, 6.45) is 2.23. The molecule has 0 fully saturated rings. The van der Waals surface area contributed by atoms with Crippen molar-refractivity contribution in [2.24, 2.45) is 0 Å². The molecule has 0 radical (unpaired) electrons. The summed E-state index contributed by atoms with van der Waals surface area (Å²) in [7, 11) is 1.73. The Labute approximate surface area is 226 Å². The quantitative estimate of drug-likeness (QED) is 0.291. The van der Waals surface area contributed by atoms with Crippen LogP contribution >= 0.6 is 0 Å². The van der Waals surface area contributed by atoms with Crippen LogP contribution in [0.5, 0.6) is 17.4 Å². The number of sulfonamides is 1. The second-order valence-electron chi connectivity index (χ2n) is 8.39. The minimum absolute atomic E-state index is 0.121. The van der Waals surface area contributed by atoms with Crippen LogP contribution in [0.3, 0.4) is 0 Å². The highest BCUT2D eigenvalue weighted by Gasteiger charge is 2.35. The molecule has 0 unspecified atom stereocenters. The molecule has 3 heterocycles. The van der Waals surface area contributed by atoms with Gasteiger partial charge in [0.15, 0.2) is 11.6 Å². The van der Waals surface area contributed by atoms with Crippen molar-refractivity contribution in [3.05, 3.63) is 60.2 Å². The zero-order valence-corrected chi connectivity index (χ0v) is 23.1. The van der Waals surface area contributed by atoms with Crippen LogP contribution in [-0.4, -0.2) is 71.8 Å². The SMILES string of the molecule is COc1cccc(-c2nnc(NS(=O)(=O)[C@@H](C)[C@@H](OC)c3ncc(C)cn3)n2-c2c(OC)cccc2OC)n1. The number of para-hydroxylation sites is 1. The van der Waals surface area contributed by atoms with Gasteiger partial charge in [-0.3, -0.25) is 9.29 Å². The molecule has 0 aliphatic rings. The summed E-state index contributed by atoms with van der Waals surface area (Å²) in [5.41, 5.74) is 1.57. The van der Waals surface area contributed by atoms with Gasteiger partial charge in [-0.15, -0.1) is 10.2 Å². The molecule has 0 saturated carbocycles. The second kappa shape index (κ2) is 11.6. The van der Waals surface area contributed by atoms with Gasteiger partial charge in [0, 0.05) is 25.6 Å². The predicted molar refractivity (Wildman–Crippen MR) is 143 cm³/mol. The van der Waals surface area contributed by atoms with Crippen molar-refractivity contribution >= 4 is 16.0 Å². The first-order chi connectivity index (χ1) is 18.7. The summed E-state index contributed by atoms with van der Waals surface area (Å²) in [5.74, 6) is 1.43. The summed E-state index contributed by atoms with van der Waals surface area (Å²) in [6.45, 7) is 3.33. The van der Waals surface area contributed by atoms with Crippen molar-refractivity contribution in [2.45, 2.75) is 25.2 Å². The number of nitrogens with one attached hydrogen (secondary N) is 1. The third kappa shape index (κ3) is 5.61. The zero-order chi connectivity index (χ0) is 28.2. The number of aryl methyl sites for hydroxylation is 1. The van der Waals surface area contributed by atoms with Crippen molar-refractivity contribution in [3.63, 3.8) is 0 Å². The predicted octanol–water partition coefficient (Wildman–Crippen LogP) is 2.97. The van der Waals surface area contributed by atoms with Crippen LogP contribution in [0, 0.1) is 6.92 Å². The molecule has 0 saturated heterocycles. The smallest absolute Gasteiger partial charge is 0.243 e. The Bertz CT molecular complexity index is 1520. The molecule has 4 aromatic rings. The Hall–Kier alpha value is -4.30. The lowest BCUT2D eigenvalue weighted by molar-refractivity contribution is 0.0949. The molecular formula is C25H29N7O6S. The molecule has 0 spiro atoms. The molecule has 39 heavy (non-hydrogen) atoms. The van der Waals surface area contributed by atoms with E-state index in [0.29, 0.717) is 28.8 Å². The number of benzene rings is 1. The van der Waals surface area contributed by atoms with Gasteiger partial charge in [-0.05, 0) is 37.6 Å². The maximum absolute atomic E-state index is 13.7. The van der Waals surface area contributed by atoms with E-state index in [4.69, 9.17) is 18.9 Å². The molecule has 1 N–H and O–H groups in total. The average Bonchev–Trinajstić information content (AvgIpc) is 3.35. The molecule has 13 nitrogen and oxygen atoms in total. The van der Waals surface area contributed by atoms with E-state index in [1.165, 1.54) is 39.9 Å². The molecule has 4 rings (SSSR count). The van der Waals surface area contributed by atoms with Gasteiger partial charge >= 0.3 is 0 Å². The normalized spacial score (nSPS) is 13.0. The van der Waals surface area contributed by atoms with Gasteiger partial charge in [-0.1, -0.05) is 12.1 Å². The largest absolute Gasteiger partial charge is 0.494 e. The molecule has 0 aliphatic carbocycles. The number of ether oxygens (including phenoxy) is 4. The first kappa shape index (κ1) is 27.7. The minimum atomic E-state index is -4.14. The molecular weight excluding hydrogens is 526 g/mol. The van der Waals surface area contributed by atoms with Crippen molar-refractivity contribution < 1.29 is 27.4 Å². The van der Waals surface area contributed by atoms with Crippen molar-refractivity contribution in [2.75, 3.05) is 33.2 Å². The minimum Gasteiger partial charge on any atom is -0.494 e. The van der Waals surface area contributed by atoms with Gasteiger partial charge in [-0.2, -0.15) is 0 Å². The Balaban J connectivity index is 1.85. The van der Waals surface area contributed by atoms with E-state index in [-0.39, 0.29) is 17.6 Å². The summed E-state index contributed by atoms with van der Waals surface area (Å²) in [5, 5.41) is 7.32. The topological polar surface area (TPSA) is 152 Å². The molecule has 14 heteroatoms. The van der Waals surface area contributed by atoms with Crippen LogP contribution < -0.4 is 18.9 Å². The molecule has 0 aliphatic heterocycles. The lowest BCUT2D eigenvalue weighted by Crippen LogP contribution is -2.33. The number of methoxy groups -OCH3 is 4. The van der Waals surface area contributed by atoms with Crippen LogP contribution in [-0.2, 0) is 14.8 Å². The van der Waals surface area contributed by atoms with E-state index in [0.717, 1.165) is 5.56 Å². The van der Waals surface area contributed by atoms with Gasteiger partial charge in [0.25, 0.3) is 0 Å². The van der Waals surface area contributed by atoms with Crippen LogP contribution in [0.1, 0.15) is 24.4 Å². The highest BCUT2D eigenvalue weighted by molar-refractivity contribution is 7.93. The van der Waals surface area contributed by atoms with E-state index in [1.54, 1.807) is 48.8 Å². The molecule has 0 bridgehead atoms. The third-order valence-electron chi connectivity index (χ3n) is 5.91. The molecule has 3 aromatic heterocycles. The standard InChI is InChI=1S/C25H29N7O6S/c1-15-13-26-23(27-14-15)22(38-6)16(2)39(33,34)31-25-30-29-24(17-9-7-12-20(28-17)37-5)32(25)21-18(35-3)10-8-11-19(21)36-4/h7-14,16,22H,1-6H3,(H,30,31)/t16-,22+/m0/s1. The van der Waals surface area contributed by atoms with Crippen LogP contribution in [0.2, 0.25) is 0 Å².